The van der Waals surface area contributed by atoms with Crippen LogP contribution in [-0.4, -0.2) is 20.7 Å². The Morgan fingerprint density at radius 3 is 2.39 bits per heavy atom. The van der Waals surface area contributed by atoms with E-state index in [2.05, 4.69) is 15.4 Å². The van der Waals surface area contributed by atoms with E-state index in [0.29, 0.717) is 29.7 Å². The van der Waals surface area contributed by atoms with E-state index >= 15 is 0 Å². The molecule has 0 aliphatic heterocycles. The first-order valence-corrected chi connectivity index (χ1v) is 11.0. The third kappa shape index (κ3) is 5.88. The molecule has 3 aromatic rings. The van der Waals surface area contributed by atoms with Crippen molar-refractivity contribution in [3.05, 3.63) is 83.4 Å². The fraction of sp³-hybridized carbons (Fsp3) is 0.320. The maximum absolute atomic E-state index is 13.0. The van der Waals surface area contributed by atoms with E-state index in [1.165, 1.54) is 18.5 Å². The molecule has 0 atom stereocenters. The molecule has 172 valence electrons. The number of hydrogen-bond acceptors (Lipinski definition) is 3. The van der Waals surface area contributed by atoms with E-state index in [1.807, 2.05) is 24.3 Å². The second-order valence-electron chi connectivity index (χ2n) is 8.15. The van der Waals surface area contributed by atoms with E-state index in [-0.39, 0.29) is 5.91 Å². The van der Waals surface area contributed by atoms with E-state index in [9.17, 15) is 18.0 Å². The maximum Gasteiger partial charge on any atom is 0.416 e. The van der Waals surface area contributed by atoms with Crippen LogP contribution in [0.25, 0.3) is 5.57 Å². The first kappa shape index (κ1) is 22.8. The molecule has 1 heterocycles. The van der Waals surface area contributed by atoms with Crippen molar-refractivity contribution in [2.24, 2.45) is 0 Å². The number of benzene rings is 2. The second kappa shape index (κ2) is 10.0. The summed E-state index contributed by atoms with van der Waals surface area (Å²) in [6, 6.07) is 12.8. The van der Waals surface area contributed by atoms with Crippen molar-refractivity contribution < 1.29 is 18.0 Å². The molecule has 0 radical (unpaired) electrons. The number of nitrogens with one attached hydrogen (secondary N) is 1. The summed E-state index contributed by atoms with van der Waals surface area (Å²) < 4.78 is 40.5. The van der Waals surface area contributed by atoms with Gasteiger partial charge in [0.2, 0.25) is 0 Å². The normalized spacial score (nSPS) is 14.4. The molecular formula is C25H25F3N4O. The lowest BCUT2D eigenvalue weighted by molar-refractivity contribution is -0.137. The number of halogens is 3. The molecule has 0 fully saturated rings. The van der Waals surface area contributed by atoms with Gasteiger partial charge in [-0.3, -0.25) is 9.48 Å². The average Bonchev–Trinajstić information content (AvgIpc) is 3.33. The largest absolute Gasteiger partial charge is 0.416 e. The number of carbonyl (C=O) groups is 1. The van der Waals surface area contributed by atoms with Gasteiger partial charge in [0.15, 0.2) is 0 Å². The van der Waals surface area contributed by atoms with Crippen LogP contribution in [0.2, 0.25) is 0 Å². The molecule has 5 nitrogen and oxygen atoms in total. The molecule has 0 saturated heterocycles. The molecule has 4 rings (SSSR count). The standard InChI is InChI=1S/C25H25F3N4O/c26-25(27,28)20-11-9-19(10-12-20)22-5-1-2-6-23(22)24(33)31-21-13-7-18(8-14-21)4-3-15-32-17-29-16-30-32/h7-14,16-17H,1-6,15H2,(H,31,33). The van der Waals surface area contributed by atoms with Crippen LogP contribution in [0.4, 0.5) is 18.9 Å². The van der Waals surface area contributed by atoms with Crippen molar-refractivity contribution in [3.8, 4) is 0 Å². The molecule has 0 unspecified atom stereocenters. The lowest BCUT2D eigenvalue weighted by atomic mass is 9.86. The van der Waals surface area contributed by atoms with Crippen molar-refractivity contribution >= 4 is 17.2 Å². The van der Waals surface area contributed by atoms with Gasteiger partial charge in [-0.05, 0) is 79.5 Å². The van der Waals surface area contributed by atoms with Gasteiger partial charge >= 0.3 is 6.18 Å². The molecule has 1 amide bonds. The Kier molecular flexibility index (Phi) is 6.91. The second-order valence-corrected chi connectivity index (χ2v) is 8.15. The predicted molar refractivity (Wildman–Crippen MR) is 120 cm³/mol. The minimum absolute atomic E-state index is 0.191. The quantitative estimate of drug-likeness (QED) is 0.484. The van der Waals surface area contributed by atoms with E-state index in [1.54, 1.807) is 11.0 Å². The number of carbonyl (C=O) groups excluding carboxylic acids is 1. The number of hydrogen-bond donors (Lipinski definition) is 1. The van der Waals surface area contributed by atoms with Crippen molar-refractivity contribution in [3.63, 3.8) is 0 Å². The Hall–Kier alpha value is -3.42. The number of aromatic nitrogens is 3. The van der Waals surface area contributed by atoms with E-state index < -0.39 is 11.7 Å². The molecule has 33 heavy (non-hydrogen) atoms. The smallest absolute Gasteiger partial charge is 0.322 e. The van der Waals surface area contributed by atoms with Crippen LogP contribution >= 0.6 is 0 Å². The molecule has 1 aliphatic rings. The van der Waals surface area contributed by atoms with Gasteiger partial charge in [0.25, 0.3) is 5.91 Å². The summed E-state index contributed by atoms with van der Waals surface area (Å²) in [7, 11) is 0. The molecule has 2 aromatic carbocycles. The molecule has 0 saturated carbocycles. The monoisotopic (exact) mass is 454 g/mol. The molecule has 1 N–H and O–H groups in total. The van der Waals surface area contributed by atoms with E-state index in [0.717, 1.165) is 55.5 Å². The van der Waals surface area contributed by atoms with Crippen LogP contribution in [0, 0.1) is 0 Å². The Morgan fingerprint density at radius 1 is 1.00 bits per heavy atom. The topological polar surface area (TPSA) is 59.8 Å². The fourth-order valence-corrected chi connectivity index (χ4v) is 4.09. The summed E-state index contributed by atoms with van der Waals surface area (Å²) in [5.74, 6) is -0.191. The van der Waals surface area contributed by atoms with Gasteiger partial charge in [0.1, 0.15) is 12.7 Å². The van der Waals surface area contributed by atoms with Gasteiger partial charge in [0.05, 0.1) is 5.56 Å². The number of rotatable bonds is 7. The third-order valence-corrected chi connectivity index (χ3v) is 5.83. The van der Waals surface area contributed by atoms with Crippen molar-refractivity contribution in [1.82, 2.24) is 14.8 Å². The number of alkyl halides is 3. The van der Waals surface area contributed by atoms with Crippen LogP contribution in [0.15, 0.2) is 66.8 Å². The maximum atomic E-state index is 13.0. The highest BCUT2D eigenvalue weighted by Gasteiger charge is 2.30. The highest BCUT2D eigenvalue weighted by atomic mass is 19.4. The number of anilines is 1. The fourth-order valence-electron chi connectivity index (χ4n) is 4.09. The SMILES string of the molecule is O=C(Nc1ccc(CCCn2cncn2)cc1)C1=C(c2ccc(C(F)(F)F)cc2)CCCC1. The van der Waals surface area contributed by atoms with Crippen LogP contribution in [0.5, 0.6) is 0 Å². The average molecular weight is 454 g/mol. The molecule has 0 bridgehead atoms. The van der Waals surface area contributed by atoms with Crippen molar-refractivity contribution in [2.75, 3.05) is 5.32 Å². The summed E-state index contributed by atoms with van der Waals surface area (Å²) in [6.45, 7) is 0.791. The van der Waals surface area contributed by atoms with E-state index in [4.69, 9.17) is 0 Å². The minimum atomic E-state index is -4.37. The molecule has 1 aliphatic carbocycles. The zero-order valence-corrected chi connectivity index (χ0v) is 18.1. The Balaban J connectivity index is 1.42. The Bertz CT molecular complexity index is 1100. The van der Waals surface area contributed by atoms with Gasteiger partial charge in [-0.2, -0.15) is 18.3 Å². The Labute approximate surface area is 190 Å². The van der Waals surface area contributed by atoms with Crippen LogP contribution in [0.1, 0.15) is 48.8 Å². The number of allylic oxidation sites excluding steroid dienone is 1. The summed E-state index contributed by atoms with van der Waals surface area (Å²) in [6.07, 6.45) is 3.74. The van der Waals surface area contributed by atoms with Crippen LogP contribution < -0.4 is 5.32 Å². The van der Waals surface area contributed by atoms with Gasteiger partial charge in [0, 0.05) is 17.8 Å². The number of aryl methyl sites for hydroxylation is 2. The molecule has 0 spiro atoms. The number of nitrogens with zero attached hydrogens (tertiary/aromatic N) is 3. The summed E-state index contributed by atoms with van der Waals surface area (Å²) in [5.41, 5.74) is 3.33. The van der Waals surface area contributed by atoms with Crippen LogP contribution in [-0.2, 0) is 23.9 Å². The predicted octanol–water partition coefficient (Wildman–Crippen LogP) is 5.90. The summed E-state index contributed by atoms with van der Waals surface area (Å²) in [4.78, 5) is 16.9. The van der Waals surface area contributed by atoms with Gasteiger partial charge < -0.3 is 5.32 Å². The first-order valence-electron chi connectivity index (χ1n) is 11.0. The zero-order chi connectivity index (χ0) is 23.3. The third-order valence-electron chi connectivity index (χ3n) is 5.83. The molecule has 1 aromatic heterocycles. The minimum Gasteiger partial charge on any atom is -0.322 e. The highest BCUT2D eigenvalue weighted by molar-refractivity contribution is 6.09. The molecular weight excluding hydrogens is 429 g/mol. The van der Waals surface area contributed by atoms with Crippen LogP contribution in [0.3, 0.4) is 0 Å². The number of amides is 1. The van der Waals surface area contributed by atoms with Gasteiger partial charge in [-0.25, -0.2) is 4.98 Å². The summed E-state index contributed by atoms with van der Waals surface area (Å²) >= 11 is 0. The first-order chi connectivity index (χ1) is 15.9. The Morgan fingerprint density at radius 2 is 1.73 bits per heavy atom. The zero-order valence-electron chi connectivity index (χ0n) is 18.1. The van der Waals surface area contributed by atoms with Crippen molar-refractivity contribution in [1.29, 1.82) is 0 Å². The lowest BCUT2D eigenvalue weighted by Crippen LogP contribution is -2.18. The van der Waals surface area contributed by atoms with Gasteiger partial charge in [-0.15, -0.1) is 0 Å². The van der Waals surface area contributed by atoms with Crippen molar-refractivity contribution in [2.45, 2.75) is 51.2 Å². The molecule has 8 heteroatoms. The lowest BCUT2D eigenvalue weighted by Gasteiger charge is -2.21. The van der Waals surface area contributed by atoms with Gasteiger partial charge in [-0.1, -0.05) is 24.3 Å². The summed E-state index contributed by atoms with van der Waals surface area (Å²) in [5, 5.41) is 7.04. The highest BCUT2D eigenvalue weighted by Crippen LogP contribution is 2.35.